The third-order valence-electron chi connectivity index (χ3n) is 4.98. The number of carbonyl (C=O) groups is 1. The van der Waals surface area contributed by atoms with Gasteiger partial charge in [-0.15, -0.1) is 0 Å². The number of carbonyl (C=O) groups excluding carboxylic acids is 1. The zero-order valence-corrected chi connectivity index (χ0v) is 18.1. The Morgan fingerprint density at radius 2 is 1.88 bits per heavy atom. The van der Waals surface area contributed by atoms with Crippen molar-refractivity contribution in [2.75, 3.05) is 19.0 Å². The molecule has 4 aromatic heterocycles. The number of halogens is 3. The minimum atomic E-state index is -4.42. The summed E-state index contributed by atoms with van der Waals surface area (Å²) in [7, 11) is 1.56. The Kier molecular flexibility index (Phi) is 6.41. The lowest BCUT2D eigenvalue weighted by molar-refractivity contribution is -0.129. The minimum absolute atomic E-state index is 0.110. The number of rotatable bonds is 7. The molecule has 176 valence electrons. The number of anilines is 1. The van der Waals surface area contributed by atoms with Gasteiger partial charge in [0.25, 0.3) is 0 Å². The van der Waals surface area contributed by atoms with Crippen LogP contribution in [0, 0.1) is 0 Å². The summed E-state index contributed by atoms with van der Waals surface area (Å²) >= 11 is 0. The lowest BCUT2D eigenvalue weighted by Crippen LogP contribution is -2.42. The number of hydrogen-bond acceptors (Lipinski definition) is 7. The molecule has 0 bridgehead atoms. The number of aromatic nitrogens is 5. The molecule has 4 heterocycles. The summed E-state index contributed by atoms with van der Waals surface area (Å²) in [5.41, 5.74) is 3.38. The Balaban J connectivity index is 1.59. The molecule has 1 amide bonds. The number of nitrogens with zero attached hydrogens (tertiary/aromatic N) is 4. The number of amides is 1. The van der Waals surface area contributed by atoms with Crippen molar-refractivity contribution in [3.8, 4) is 28.1 Å². The molecule has 12 heteroatoms. The number of ether oxygens (including phenoxy) is 1. The lowest BCUT2D eigenvalue weighted by Gasteiger charge is -2.15. The van der Waals surface area contributed by atoms with Gasteiger partial charge in [0.05, 0.1) is 44.0 Å². The van der Waals surface area contributed by atoms with E-state index in [9.17, 15) is 18.0 Å². The SMILES string of the molecule is COc1cncc(-c2cnc3[nH]cc(-c4cncc(NC(=O)[C@@H](C)NCC(F)(F)F)n4)c3c2)c1. The van der Waals surface area contributed by atoms with Crippen molar-refractivity contribution in [2.24, 2.45) is 0 Å². The molecule has 0 fully saturated rings. The molecule has 0 aliphatic rings. The Bertz CT molecular complexity index is 1320. The number of nitrogens with one attached hydrogen (secondary N) is 3. The quantitative estimate of drug-likeness (QED) is 0.377. The molecule has 0 spiro atoms. The summed E-state index contributed by atoms with van der Waals surface area (Å²) in [6.07, 6.45) is 5.14. The molecule has 34 heavy (non-hydrogen) atoms. The first-order chi connectivity index (χ1) is 16.2. The van der Waals surface area contributed by atoms with E-state index in [0.29, 0.717) is 22.7 Å². The van der Waals surface area contributed by atoms with Crippen LogP contribution in [0.4, 0.5) is 19.0 Å². The van der Waals surface area contributed by atoms with Crippen molar-refractivity contribution in [2.45, 2.75) is 19.1 Å². The monoisotopic (exact) mass is 471 g/mol. The van der Waals surface area contributed by atoms with Gasteiger partial charge in [-0.2, -0.15) is 13.2 Å². The van der Waals surface area contributed by atoms with Crippen LogP contribution in [0.5, 0.6) is 5.75 Å². The largest absolute Gasteiger partial charge is 0.495 e. The van der Waals surface area contributed by atoms with Crippen LogP contribution < -0.4 is 15.4 Å². The van der Waals surface area contributed by atoms with E-state index in [0.717, 1.165) is 16.5 Å². The predicted molar refractivity (Wildman–Crippen MR) is 119 cm³/mol. The van der Waals surface area contributed by atoms with Gasteiger partial charge in [0.2, 0.25) is 5.91 Å². The van der Waals surface area contributed by atoms with Crippen molar-refractivity contribution < 1.29 is 22.7 Å². The average Bonchev–Trinajstić information content (AvgIpc) is 3.25. The summed E-state index contributed by atoms with van der Waals surface area (Å²) in [5.74, 6) is 0.0582. The van der Waals surface area contributed by atoms with Crippen molar-refractivity contribution in [1.82, 2.24) is 30.2 Å². The van der Waals surface area contributed by atoms with Gasteiger partial charge in [-0.1, -0.05) is 0 Å². The topological polar surface area (TPSA) is 118 Å². The Morgan fingerprint density at radius 1 is 1.12 bits per heavy atom. The molecule has 0 radical (unpaired) electrons. The van der Waals surface area contributed by atoms with E-state index in [-0.39, 0.29) is 5.82 Å². The van der Waals surface area contributed by atoms with Crippen molar-refractivity contribution >= 4 is 22.8 Å². The molecule has 0 aliphatic carbocycles. The van der Waals surface area contributed by atoms with E-state index in [2.05, 4.69) is 35.6 Å². The summed E-state index contributed by atoms with van der Waals surface area (Å²) in [5, 5.41) is 5.38. The Morgan fingerprint density at radius 3 is 2.65 bits per heavy atom. The number of hydrogen-bond donors (Lipinski definition) is 3. The maximum Gasteiger partial charge on any atom is 0.401 e. The van der Waals surface area contributed by atoms with E-state index in [1.807, 2.05) is 12.1 Å². The lowest BCUT2D eigenvalue weighted by atomic mass is 10.1. The minimum Gasteiger partial charge on any atom is -0.495 e. The highest BCUT2D eigenvalue weighted by Crippen LogP contribution is 2.31. The molecule has 3 N–H and O–H groups in total. The fourth-order valence-corrected chi connectivity index (χ4v) is 3.21. The van der Waals surface area contributed by atoms with E-state index in [1.54, 1.807) is 31.9 Å². The van der Waals surface area contributed by atoms with Gasteiger partial charge >= 0.3 is 6.18 Å². The third-order valence-corrected chi connectivity index (χ3v) is 4.98. The van der Waals surface area contributed by atoms with Crippen LogP contribution in [0.1, 0.15) is 6.92 Å². The molecule has 4 rings (SSSR count). The molecule has 0 aromatic carbocycles. The van der Waals surface area contributed by atoms with Gasteiger partial charge in [0.1, 0.15) is 11.4 Å². The van der Waals surface area contributed by atoms with Crippen molar-refractivity contribution in [3.63, 3.8) is 0 Å². The van der Waals surface area contributed by atoms with Gasteiger partial charge in [0.15, 0.2) is 5.82 Å². The number of H-pyrrole nitrogens is 1. The number of methoxy groups -OCH3 is 1. The maximum atomic E-state index is 12.4. The second-order valence-corrected chi connectivity index (χ2v) is 7.43. The number of alkyl halides is 3. The standard InChI is InChI=1S/C22H20F3N7O2/c1-12(30-11-22(23,24)25)21(33)32-19-10-27-9-18(31-19)17-8-29-20-16(17)4-14(6-28-20)13-3-15(34-2)7-26-5-13/h3-10,12,30H,11H2,1-2H3,(H,28,29)(H,31,32,33)/t12-/m1/s1. The average molecular weight is 471 g/mol. The van der Waals surface area contributed by atoms with E-state index in [4.69, 9.17) is 4.74 Å². The van der Waals surface area contributed by atoms with Crippen LogP contribution in [0.15, 0.2) is 49.3 Å². The van der Waals surface area contributed by atoms with Crippen LogP contribution in [0.3, 0.4) is 0 Å². The van der Waals surface area contributed by atoms with E-state index < -0.39 is 24.7 Å². The molecule has 9 nitrogen and oxygen atoms in total. The highest BCUT2D eigenvalue weighted by atomic mass is 19.4. The van der Waals surface area contributed by atoms with Crippen LogP contribution in [-0.2, 0) is 4.79 Å². The molecule has 0 saturated carbocycles. The molecule has 0 saturated heterocycles. The van der Waals surface area contributed by atoms with Gasteiger partial charge < -0.3 is 15.0 Å². The number of aromatic amines is 1. The maximum absolute atomic E-state index is 12.4. The van der Waals surface area contributed by atoms with Gasteiger partial charge in [-0.05, 0) is 19.1 Å². The fraction of sp³-hybridized carbons (Fsp3) is 0.227. The van der Waals surface area contributed by atoms with Crippen molar-refractivity contribution in [3.05, 3.63) is 49.3 Å². The molecule has 4 aromatic rings. The van der Waals surface area contributed by atoms with Gasteiger partial charge in [-0.3, -0.25) is 20.1 Å². The molecule has 1 atom stereocenters. The summed E-state index contributed by atoms with van der Waals surface area (Å²) in [6, 6.07) is 2.68. The van der Waals surface area contributed by atoms with E-state index in [1.165, 1.54) is 19.3 Å². The predicted octanol–water partition coefficient (Wildman–Crippen LogP) is 3.57. The smallest absolute Gasteiger partial charge is 0.401 e. The zero-order valence-electron chi connectivity index (χ0n) is 18.1. The summed E-state index contributed by atoms with van der Waals surface area (Å²) in [6.45, 7) is 0.0550. The van der Waals surface area contributed by atoms with Gasteiger partial charge in [0, 0.05) is 40.7 Å². The highest BCUT2D eigenvalue weighted by molar-refractivity contribution is 5.96. The molecular formula is C22H20F3N7O2. The second kappa shape index (κ2) is 9.43. The summed E-state index contributed by atoms with van der Waals surface area (Å²) < 4.78 is 42.4. The van der Waals surface area contributed by atoms with Crippen LogP contribution in [-0.4, -0.2) is 56.7 Å². The first-order valence-electron chi connectivity index (χ1n) is 10.1. The normalized spacial score (nSPS) is 12.5. The molecule has 0 aliphatic heterocycles. The van der Waals surface area contributed by atoms with E-state index >= 15 is 0 Å². The number of pyridine rings is 2. The Hall–Kier alpha value is -4.06. The number of fused-ring (bicyclic) bond motifs is 1. The van der Waals surface area contributed by atoms with Gasteiger partial charge in [-0.25, -0.2) is 9.97 Å². The van der Waals surface area contributed by atoms with Crippen molar-refractivity contribution in [1.29, 1.82) is 0 Å². The Labute approximate surface area is 191 Å². The second-order valence-electron chi connectivity index (χ2n) is 7.43. The van der Waals surface area contributed by atoms with Crippen LogP contribution >= 0.6 is 0 Å². The van der Waals surface area contributed by atoms with Crippen LogP contribution in [0.25, 0.3) is 33.4 Å². The third kappa shape index (κ3) is 5.29. The fourth-order valence-electron chi connectivity index (χ4n) is 3.21. The van der Waals surface area contributed by atoms with Crippen LogP contribution in [0.2, 0.25) is 0 Å². The first-order valence-corrected chi connectivity index (χ1v) is 10.1. The highest BCUT2D eigenvalue weighted by Gasteiger charge is 2.28. The zero-order chi connectivity index (χ0) is 24.3. The molecule has 0 unspecified atom stereocenters. The summed E-state index contributed by atoms with van der Waals surface area (Å²) in [4.78, 5) is 32.5. The first kappa shape index (κ1) is 23.1. The molecular weight excluding hydrogens is 451 g/mol.